The van der Waals surface area contributed by atoms with E-state index >= 15 is 0 Å². The van der Waals surface area contributed by atoms with Gasteiger partial charge in [-0.1, -0.05) is 0 Å². The van der Waals surface area contributed by atoms with E-state index in [-0.39, 0.29) is 34.0 Å². The minimum Gasteiger partial charge on any atom is -1.00 e. The van der Waals surface area contributed by atoms with E-state index in [9.17, 15) is 0 Å². The van der Waals surface area contributed by atoms with Gasteiger partial charge in [-0.3, -0.25) is 0 Å². The average Bonchev–Trinajstić information content (AvgIpc) is 2.39. The molecule has 0 bridgehead atoms. The van der Waals surface area contributed by atoms with Crippen LogP contribution in [-0.2, 0) is 20.4 Å². The number of hydrogen-bond donors (Lipinski definition) is 0. The van der Waals surface area contributed by atoms with Gasteiger partial charge >= 0.3 is 91.5 Å². The van der Waals surface area contributed by atoms with Crippen molar-refractivity contribution in [3.05, 3.63) is 39.3 Å². The Labute approximate surface area is 124 Å². The number of rotatable bonds is 1. The Hall–Kier alpha value is 0.634. The summed E-state index contributed by atoms with van der Waals surface area (Å²) in [7, 11) is 0. The molecule has 1 aromatic carbocycles. The summed E-state index contributed by atoms with van der Waals surface area (Å²) in [6.45, 7) is 4.59. The van der Waals surface area contributed by atoms with Crippen molar-refractivity contribution >= 4 is 6.08 Å². The van der Waals surface area contributed by atoms with Crippen LogP contribution in [0.3, 0.4) is 0 Å². The van der Waals surface area contributed by atoms with Crippen molar-refractivity contribution in [3.8, 4) is 0 Å². The van der Waals surface area contributed by atoms with Gasteiger partial charge in [0.2, 0.25) is 0 Å². The van der Waals surface area contributed by atoms with Gasteiger partial charge in [0.1, 0.15) is 0 Å². The van der Waals surface area contributed by atoms with Crippen LogP contribution in [0, 0.1) is 5.92 Å². The molecular weight excluding hydrogens is 352 g/mol. The molecule has 1 aliphatic rings. The van der Waals surface area contributed by atoms with Crippen molar-refractivity contribution in [2.45, 2.75) is 19.8 Å². The molecule has 3 heteroatoms. The first-order chi connectivity index (χ1) is 6.20. The maximum Gasteiger partial charge on any atom is -1.00 e. The van der Waals surface area contributed by atoms with Gasteiger partial charge in [0.05, 0.1) is 0 Å². The minimum atomic E-state index is 0. The van der Waals surface area contributed by atoms with Gasteiger partial charge in [-0.25, -0.2) is 0 Å². The molecule has 0 aromatic heterocycles. The predicted molar refractivity (Wildman–Crippen MR) is 52.0 cm³/mol. The zero-order chi connectivity index (χ0) is 9.42. The molecule has 0 fully saturated rings. The van der Waals surface area contributed by atoms with Crippen molar-refractivity contribution < 1.29 is 54.4 Å². The summed E-state index contributed by atoms with van der Waals surface area (Å²) in [5.74, 6) is 1.36. The van der Waals surface area contributed by atoms with E-state index in [1.807, 2.05) is 0 Å². The standard InChI is InChI=1S/C12H13.2BrH.Ti/c1-9(2)11-8-7-10-5-3-4-6-12(10)11;;;/h3-7,9,11H,1-2H3;2*1H;/q;;;+2/p-2. The van der Waals surface area contributed by atoms with Crippen LogP contribution in [0.5, 0.6) is 0 Å². The van der Waals surface area contributed by atoms with E-state index in [1.54, 1.807) is 0 Å². The third-order valence-electron chi connectivity index (χ3n) is 2.64. The molecule has 0 nitrogen and oxygen atoms in total. The van der Waals surface area contributed by atoms with Crippen molar-refractivity contribution in [2.75, 3.05) is 0 Å². The number of fused-ring (bicyclic) bond motifs is 1. The molecule has 0 spiro atoms. The Kier molecular flexibility index (Phi) is 6.66. The van der Waals surface area contributed by atoms with E-state index in [2.05, 4.69) is 64.6 Å². The van der Waals surface area contributed by atoms with Gasteiger partial charge in [0.15, 0.2) is 0 Å². The molecule has 2 rings (SSSR count). The summed E-state index contributed by atoms with van der Waals surface area (Å²) < 4.78 is 1.51. The third kappa shape index (κ3) is 3.06. The van der Waals surface area contributed by atoms with Gasteiger partial charge < -0.3 is 34.0 Å². The molecule has 79 valence electrons. The van der Waals surface area contributed by atoms with Crippen LogP contribution in [-0.4, -0.2) is 0 Å². The molecule has 0 saturated carbocycles. The van der Waals surface area contributed by atoms with E-state index in [0.29, 0.717) is 11.8 Å². The summed E-state index contributed by atoms with van der Waals surface area (Å²) in [4.78, 5) is 0. The maximum atomic E-state index is 2.32. The number of halogens is 2. The summed E-state index contributed by atoms with van der Waals surface area (Å²) in [6, 6.07) is 8.72. The maximum absolute atomic E-state index is 2.32. The molecule has 1 atom stereocenters. The quantitative estimate of drug-likeness (QED) is 0.477. The molecule has 15 heavy (non-hydrogen) atoms. The SMILES string of the molecule is CC(C)C1[C]([Ti+2])=Cc2ccccc21.[Br-].[Br-]. The molecule has 0 N–H and O–H groups in total. The Bertz CT molecular complexity index is 358. The topological polar surface area (TPSA) is 0 Å². The third-order valence-corrected chi connectivity index (χ3v) is 3.35. The minimum absolute atomic E-state index is 0. The van der Waals surface area contributed by atoms with Crippen LogP contribution in [0.4, 0.5) is 0 Å². The second-order valence-electron chi connectivity index (χ2n) is 3.95. The van der Waals surface area contributed by atoms with Crippen LogP contribution in [0.2, 0.25) is 0 Å². The normalized spacial score (nSPS) is 17.7. The Balaban J connectivity index is 0.000000980. The fraction of sp³-hybridized carbons (Fsp3) is 0.333. The Morgan fingerprint density at radius 2 is 1.73 bits per heavy atom. The van der Waals surface area contributed by atoms with Crippen molar-refractivity contribution in [3.63, 3.8) is 0 Å². The Morgan fingerprint density at radius 1 is 1.13 bits per heavy atom. The van der Waals surface area contributed by atoms with E-state index < -0.39 is 0 Å². The summed E-state index contributed by atoms with van der Waals surface area (Å²) in [5, 5.41) is 0. The fourth-order valence-corrected chi connectivity index (χ4v) is 3.07. The Morgan fingerprint density at radius 3 is 2.33 bits per heavy atom. The first-order valence-electron chi connectivity index (χ1n) is 4.72. The van der Waals surface area contributed by atoms with Crippen molar-refractivity contribution in [1.82, 2.24) is 0 Å². The molecule has 0 saturated heterocycles. The molecule has 0 radical (unpaired) electrons. The van der Waals surface area contributed by atoms with Crippen molar-refractivity contribution in [1.29, 1.82) is 0 Å². The molecule has 0 aliphatic heterocycles. The predicted octanol–water partition coefficient (Wildman–Crippen LogP) is -2.66. The first-order valence-corrected chi connectivity index (χ1v) is 5.50. The van der Waals surface area contributed by atoms with Gasteiger partial charge in [-0.05, 0) is 0 Å². The smallest absolute Gasteiger partial charge is 1.00 e. The molecule has 0 amide bonds. The first kappa shape index (κ1) is 15.6. The summed E-state index contributed by atoms with van der Waals surface area (Å²) >= 11 is 2.24. The van der Waals surface area contributed by atoms with Crippen LogP contribution < -0.4 is 34.0 Å². The largest absolute Gasteiger partial charge is 1.00 e. The van der Waals surface area contributed by atoms with E-state index in [4.69, 9.17) is 0 Å². The van der Waals surface area contributed by atoms with E-state index in [1.165, 1.54) is 15.0 Å². The van der Waals surface area contributed by atoms with Crippen LogP contribution in [0.1, 0.15) is 30.9 Å². The van der Waals surface area contributed by atoms with Gasteiger partial charge in [-0.15, -0.1) is 0 Å². The summed E-state index contributed by atoms with van der Waals surface area (Å²) in [6.07, 6.45) is 2.32. The number of allylic oxidation sites excluding steroid dienone is 1. The second-order valence-corrected chi connectivity index (χ2v) is 4.85. The van der Waals surface area contributed by atoms with Crippen LogP contribution >= 0.6 is 0 Å². The van der Waals surface area contributed by atoms with Gasteiger partial charge in [0.25, 0.3) is 0 Å². The zero-order valence-electron chi connectivity index (χ0n) is 8.80. The molecule has 1 unspecified atom stereocenters. The van der Waals surface area contributed by atoms with Crippen LogP contribution in [0.15, 0.2) is 28.1 Å². The van der Waals surface area contributed by atoms with E-state index in [0.717, 1.165) is 0 Å². The summed E-state index contributed by atoms with van der Waals surface area (Å²) in [5.41, 5.74) is 2.92. The molecular formula is C12H13Br2Ti. The van der Waals surface area contributed by atoms with Crippen LogP contribution in [0.25, 0.3) is 6.08 Å². The molecule has 0 heterocycles. The number of benzene rings is 1. The average molecular weight is 365 g/mol. The van der Waals surface area contributed by atoms with Gasteiger partial charge in [0, 0.05) is 0 Å². The van der Waals surface area contributed by atoms with Gasteiger partial charge in [-0.2, -0.15) is 0 Å². The zero-order valence-corrected chi connectivity index (χ0v) is 13.5. The fourth-order valence-electron chi connectivity index (χ4n) is 2.07. The van der Waals surface area contributed by atoms with Crippen molar-refractivity contribution in [2.24, 2.45) is 5.92 Å². The monoisotopic (exact) mass is 363 g/mol. The molecule has 1 aromatic rings. The number of hydrogen-bond acceptors (Lipinski definition) is 0. The molecule has 1 aliphatic carbocycles. The second kappa shape index (κ2) is 6.39.